The van der Waals surface area contributed by atoms with Crippen LogP contribution in [0.3, 0.4) is 0 Å². The smallest absolute Gasteiger partial charge is 0.199 e. The van der Waals surface area contributed by atoms with Gasteiger partial charge in [0.2, 0.25) is 0 Å². The summed E-state index contributed by atoms with van der Waals surface area (Å²) in [5, 5.41) is 15.0. The zero-order valence-electron chi connectivity index (χ0n) is 18.5. The molecule has 0 atom stereocenters. The van der Waals surface area contributed by atoms with Gasteiger partial charge in [0, 0.05) is 23.6 Å². The quantitative estimate of drug-likeness (QED) is 0.338. The number of hydrogen-bond donors (Lipinski definition) is 3. The maximum atomic E-state index is 10.9. The lowest BCUT2D eigenvalue weighted by atomic mass is 10.0. The number of hydrogen-bond acceptors (Lipinski definition) is 5. The highest BCUT2D eigenvalue weighted by atomic mass is 16.5. The van der Waals surface area contributed by atoms with Crippen LogP contribution in [0.4, 0.5) is 5.69 Å². The van der Waals surface area contributed by atoms with E-state index < -0.39 is 0 Å². The first-order valence-electron chi connectivity index (χ1n) is 10.6. The van der Waals surface area contributed by atoms with E-state index in [1.807, 2.05) is 54.6 Å². The van der Waals surface area contributed by atoms with Crippen LogP contribution in [0.1, 0.15) is 23.6 Å². The minimum absolute atomic E-state index is 0.0432. The highest BCUT2D eigenvalue weighted by Gasteiger charge is 2.21. The lowest BCUT2D eigenvalue weighted by Crippen LogP contribution is -2.11. The molecular formula is C26H27N3O3. The summed E-state index contributed by atoms with van der Waals surface area (Å²) in [5.41, 5.74) is 4.91. The molecule has 4 aromatic rings. The minimum atomic E-state index is 0.0432. The molecule has 1 aromatic heterocycles. The van der Waals surface area contributed by atoms with E-state index in [2.05, 4.69) is 29.4 Å². The molecule has 4 rings (SSSR count). The predicted octanol–water partition coefficient (Wildman–Crippen LogP) is 5.17. The normalized spacial score (nSPS) is 11.7. The number of aromatic hydroxyl groups is 1. The van der Waals surface area contributed by atoms with Crippen molar-refractivity contribution < 1.29 is 14.6 Å². The van der Waals surface area contributed by atoms with E-state index in [0.29, 0.717) is 22.8 Å². The monoisotopic (exact) mass is 429 g/mol. The first-order valence-corrected chi connectivity index (χ1v) is 10.6. The molecule has 0 radical (unpaired) electrons. The van der Waals surface area contributed by atoms with Crippen LogP contribution in [0.25, 0.3) is 10.9 Å². The van der Waals surface area contributed by atoms with Crippen molar-refractivity contribution in [1.82, 2.24) is 10.3 Å². The van der Waals surface area contributed by atoms with Crippen molar-refractivity contribution in [2.75, 3.05) is 20.8 Å². The Morgan fingerprint density at radius 2 is 1.66 bits per heavy atom. The molecule has 0 aliphatic heterocycles. The molecule has 1 heterocycles. The van der Waals surface area contributed by atoms with Crippen molar-refractivity contribution in [2.45, 2.75) is 13.5 Å². The van der Waals surface area contributed by atoms with Crippen LogP contribution in [0.15, 0.2) is 71.7 Å². The van der Waals surface area contributed by atoms with Crippen LogP contribution in [0, 0.1) is 0 Å². The number of fused-ring (bicyclic) bond motifs is 1. The Kier molecular flexibility index (Phi) is 6.42. The fraction of sp³-hybridized carbons (Fsp3) is 0.192. The molecule has 0 saturated carbocycles. The van der Waals surface area contributed by atoms with Crippen LogP contribution >= 0.6 is 0 Å². The summed E-state index contributed by atoms with van der Waals surface area (Å²) in [5.74, 6) is 1.21. The Morgan fingerprint density at radius 1 is 0.969 bits per heavy atom. The highest BCUT2D eigenvalue weighted by molar-refractivity contribution is 6.22. The van der Waals surface area contributed by atoms with Gasteiger partial charge in [0.1, 0.15) is 0 Å². The van der Waals surface area contributed by atoms with Crippen molar-refractivity contribution in [3.05, 3.63) is 83.4 Å². The van der Waals surface area contributed by atoms with Crippen molar-refractivity contribution in [3.63, 3.8) is 0 Å². The maximum Gasteiger partial charge on any atom is 0.199 e. The number of benzene rings is 3. The standard InChI is InChI=1S/C26H27N3O3/c1-4-27-16-17-10-12-19(13-11-17)28-25(18-8-6-5-7-9-18)24-20-14-22(31-2)23(32-3)15-21(20)29-26(24)30/h5-15,27,29-30H,4,16H2,1-3H3. The molecule has 0 saturated heterocycles. The fourth-order valence-corrected chi connectivity index (χ4v) is 3.69. The molecule has 0 spiro atoms. The average Bonchev–Trinajstić information content (AvgIpc) is 3.15. The van der Waals surface area contributed by atoms with E-state index in [0.717, 1.165) is 35.2 Å². The lowest BCUT2D eigenvalue weighted by Gasteiger charge is -2.10. The second-order valence-corrected chi connectivity index (χ2v) is 7.37. The molecule has 164 valence electrons. The molecular weight excluding hydrogens is 402 g/mol. The maximum absolute atomic E-state index is 10.9. The van der Waals surface area contributed by atoms with Gasteiger partial charge in [-0.2, -0.15) is 0 Å². The second kappa shape index (κ2) is 9.58. The summed E-state index contributed by atoms with van der Waals surface area (Å²) >= 11 is 0. The molecule has 6 nitrogen and oxygen atoms in total. The number of nitrogens with one attached hydrogen (secondary N) is 2. The number of H-pyrrole nitrogens is 1. The van der Waals surface area contributed by atoms with E-state index >= 15 is 0 Å². The van der Waals surface area contributed by atoms with Crippen LogP contribution in [-0.2, 0) is 6.54 Å². The van der Waals surface area contributed by atoms with Crippen molar-refractivity contribution in [1.29, 1.82) is 0 Å². The first kappa shape index (κ1) is 21.5. The number of aliphatic imine (C=N–C) groups is 1. The lowest BCUT2D eigenvalue weighted by molar-refractivity contribution is 0.356. The Hall–Kier alpha value is -3.77. The fourth-order valence-electron chi connectivity index (χ4n) is 3.69. The molecule has 3 N–H and O–H groups in total. The number of rotatable bonds is 8. The molecule has 3 aromatic carbocycles. The van der Waals surface area contributed by atoms with E-state index in [9.17, 15) is 5.11 Å². The van der Waals surface area contributed by atoms with Gasteiger partial charge in [0.05, 0.1) is 36.7 Å². The van der Waals surface area contributed by atoms with Gasteiger partial charge in [-0.05, 0) is 30.3 Å². The zero-order chi connectivity index (χ0) is 22.5. The topological polar surface area (TPSA) is 78.9 Å². The minimum Gasteiger partial charge on any atom is -0.494 e. The van der Waals surface area contributed by atoms with Crippen LogP contribution in [0.5, 0.6) is 17.4 Å². The SMILES string of the molecule is CCNCc1ccc(N=C(c2ccccc2)c2c(O)[nH]c3cc(OC)c(OC)cc23)cc1. The summed E-state index contributed by atoms with van der Waals surface area (Å²) < 4.78 is 10.9. The molecule has 0 fully saturated rings. The Bertz CT molecular complexity index is 1230. The summed E-state index contributed by atoms with van der Waals surface area (Å²) in [6.45, 7) is 3.83. The Balaban J connectivity index is 1.87. The summed E-state index contributed by atoms with van der Waals surface area (Å²) in [4.78, 5) is 8.00. The van der Waals surface area contributed by atoms with E-state index in [4.69, 9.17) is 14.5 Å². The van der Waals surface area contributed by atoms with Crippen LogP contribution in [-0.4, -0.2) is 36.6 Å². The number of methoxy groups -OCH3 is 2. The van der Waals surface area contributed by atoms with Gasteiger partial charge in [0.15, 0.2) is 17.4 Å². The molecule has 6 heteroatoms. The Morgan fingerprint density at radius 3 is 2.31 bits per heavy atom. The van der Waals surface area contributed by atoms with E-state index in [1.54, 1.807) is 14.2 Å². The van der Waals surface area contributed by atoms with Gasteiger partial charge in [-0.1, -0.05) is 49.4 Å². The van der Waals surface area contributed by atoms with Crippen LogP contribution < -0.4 is 14.8 Å². The summed E-state index contributed by atoms with van der Waals surface area (Å²) in [6.07, 6.45) is 0. The van der Waals surface area contributed by atoms with Crippen molar-refractivity contribution >= 4 is 22.3 Å². The molecule has 0 aliphatic rings. The number of aromatic amines is 1. The van der Waals surface area contributed by atoms with Gasteiger partial charge < -0.3 is 24.9 Å². The Labute approximate surface area is 187 Å². The third kappa shape index (κ3) is 4.31. The predicted molar refractivity (Wildman–Crippen MR) is 129 cm³/mol. The second-order valence-electron chi connectivity index (χ2n) is 7.37. The summed E-state index contributed by atoms with van der Waals surface area (Å²) in [6, 6.07) is 21.6. The van der Waals surface area contributed by atoms with Crippen molar-refractivity contribution in [2.24, 2.45) is 4.99 Å². The highest BCUT2D eigenvalue weighted by Crippen LogP contribution is 2.38. The molecule has 0 amide bonds. The van der Waals surface area contributed by atoms with Gasteiger partial charge >= 0.3 is 0 Å². The zero-order valence-corrected chi connectivity index (χ0v) is 18.5. The van der Waals surface area contributed by atoms with Gasteiger partial charge in [-0.25, -0.2) is 4.99 Å². The average molecular weight is 430 g/mol. The van der Waals surface area contributed by atoms with Crippen LogP contribution in [0.2, 0.25) is 0 Å². The van der Waals surface area contributed by atoms with E-state index in [-0.39, 0.29) is 5.88 Å². The largest absolute Gasteiger partial charge is 0.494 e. The first-order chi connectivity index (χ1) is 15.6. The van der Waals surface area contributed by atoms with Crippen molar-refractivity contribution in [3.8, 4) is 17.4 Å². The number of aromatic nitrogens is 1. The van der Waals surface area contributed by atoms with Gasteiger partial charge in [0.25, 0.3) is 0 Å². The third-order valence-corrected chi connectivity index (χ3v) is 5.32. The molecule has 32 heavy (non-hydrogen) atoms. The number of ether oxygens (including phenoxy) is 2. The molecule has 0 unspecified atom stereocenters. The molecule has 0 aliphatic carbocycles. The van der Waals surface area contributed by atoms with Gasteiger partial charge in [-0.15, -0.1) is 0 Å². The number of nitrogens with zero attached hydrogens (tertiary/aromatic N) is 1. The summed E-state index contributed by atoms with van der Waals surface area (Å²) in [7, 11) is 3.18. The van der Waals surface area contributed by atoms with E-state index in [1.165, 1.54) is 5.56 Å². The third-order valence-electron chi connectivity index (χ3n) is 5.32. The molecule has 0 bridgehead atoms. The van der Waals surface area contributed by atoms with Gasteiger partial charge in [-0.3, -0.25) is 0 Å².